The molecular formula is C20H31N3O2S. The van der Waals surface area contributed by atoms with Gasteiger partial charge in [-0.05, 0) is 25.7 Å². The molecule has 1 aromatic rings. The van der Waals surface area contributed by atoms with Gasteiger partial charge in [-0.3, -0.25) is 9.59 Å². The number of likely N-dealkylation sites (tertiary alicyclic amines) is 1. The van der Waals surface area contributed by atoms with Gasteiger partial charge in [0.2, 0.25) is 11.8 Å². The molecule has 0 spiro atoms. The van der Waals surface area contributed by atoms with Crippen molar-refractivity contribution in [2.75, 3.05) is 13.1 Å². The number of hydrogen-bond donors (Lipinski definition) is 1. The molecule has 2 amide bonds. The van der Waals surface area contributed by atoms with Crippen LogP contribution < -0.4 is 5.32 Å². The summed E-state index contributed by atoms with van der Waals surface area (Å²) in [5.74, 6) is 1.01. The van der Waals surface area contributed by atoms with Crippen molar-refractivity contribution < 1.29 is 9.59 Å². The van der Waals surface area contributed by atoms with Gasteiger partial charge in [0.15, 0.2) is 0 Å². The minimum Gasteiger partial charge on any atom is -0.350 e. The van der Waals surface area contributed by atoms with Crippen LogP contribution in [0.4, 0.5) is 0 Å². The predicted octanol–water partition coefficient (Wildman–Crippen LogP) is 3.70. The van der Waals surface area contributed by atoms with E-state index < -0.39 is 0 Å². The minimum atomic E-state index is -0.00851. The summed E-state index contributed by atoms with van der Waals surface area (Å²) in [6.07, 6.45) is 7.97. The van der Waals surface area contributed by atoms with Crippen LogP contribution in [-0.2, 0) is 16.1 Å². The van der Waals surface area contributed by atoms with Crippen molar-refractivity contribution in [1.29, 1.82) is 0 Å². The van der Waals surface area contributed by atoms with E-state index in [9.17, 15) is 9.59 Å². The lowest BCUT2D eigenvalue weighted by molar-refractivity contribution is -0.137. The molecule has 5 nitrogen and oxygen atoms in total. The van der Waals surface area contributed by atoms with Crippen molar-refractivity contribution in [3.8, 4) is 0 Å². The maximum absolute atomic E-state index is 12.8. The van der Waals surface area contributed by atoms with Crippen molar-refractivity contribution in [3.05, 3.63) is 16.1 Å². The van der Waals surface area contributed by atoms with Crippen LogP contribution in [0.2, 0.25) is 0 Å². The van der Waals surface area contributed by atoms with E-state index in [4.69, 9.17) is 4.98 Å². The second-order valence-electron chi connectivity index (χ2n) is 8.01. The number of amides is 2. The van der Waals surface area contributed by atoms with Gasteiger partial charge in [0.05, 0.1) is 17.2 Å². The second-order valence-corrected chi connectivity index (χ2v) is 8.90. The van der Waals surface area contributed by atoms with Crippen LogP contribution in [0.15, 0.2) is 5.38 Å². The lowest BCUT2D eigenvalue weighted by Crippen LogP contribution is -2.42. The van der Waals surface area contributed by atoms with Gasteiger partial charge in [-0.25, -0.2) is 4.98 Å². The number of aromatic nitrogens is 1. The van der Waals surface area contributed by atoms with Gasteiger partial charge in [-0.15, -0.1) is 11.3 Å². The van der Waals surface area contributed by atoms with Crippen LogP contribution >= 0.6 is 11.3 Å². The molecular weight excluding hydrogens is 346 g/mol. The number of nitrogens with zero attached hydrogens (tertiary/aromatic N) is 2. The number of carbonyl (C=O) groups is 2. The zero-order valence-corrected chi connectivity index (χ0v) is 16.8. The van der Waals surface area contributed by atoms with E-state index in [1.807, 2.05) is 19.2 Å². The Morgan fingerprint density at radius 3 is 2.73 bits per heavy atom. The van der Waals surface area contributed by atoms with Crippen molar-refractivity contribution in [2.45, 2.75) is 71.3 Å². The summed E-state index contributed by atoms with van der Waals surface area (Å²) in [5.41, 5.74) is 0.926. The van der Waals surface area contributed by atoms with Crippen LogP contribution in [0, 0.1) is 11.8 Å². The number of nitrogens with one attached hydrogen (secondary N) is 1. The molecule has 26 heavy (non-hydrogen) atoms. The van der Waals surface area contributed by atoms with Gasteiger partial charge in [0.1, 0.15) is 0 Å². The quantitative estimate of drug-likeness (QED) is 0.851. The normalized spacial score (nSPS) is 21.8. The Morgan fingerprint density at radius 2 is 2.00 bits per heavy atom. The average Bonchev–Trinajstić information content (AvgIpc) is 3.15. The molecule has 1 saturated heterocycles. The van der Waals surface area contributed by atoms with Crippen molar-refractivity contribution in [2.24, 2.45) is 11.8 Å². The Labute approximate surface area is 160 Å². The van der Waals surface area contributed by atoms with E-state index in [-0.39, 0.29) is 17.7 Å². The van der Waals surface area contributed by atoms with Gasteiger partial charge in [0, 0.05) is 36.2 Å². The number of piperidine rings is 1. The van der Waals surface area contributed by atoms with E-state index in [1.54, 1.807) is 11.3 Å². The summed E-state index contributed by atoms with van der Waals surface area (Å²) >= 11 is 1.67. The van der Waals surface area contributed by atoms with Crippen LogP contribution in [0.5, 0.6) is 0 Å². The van der Waals surface area contributed by atoms with E-state index in [0.29, 0.717) is 18.4 Å². The Bertz CT molecular complexity index is 622. The molecule has 144 valence electrons. The van der Waals surface area contributed by atoms with E-state index in [1.165, 1.54) is 19.3 Å². The minimum absolute atomic E-state index is 0.00851. The molecule has 3 rings (SSSR count). The third kappa shape index (κ3) is 4.84. The third-order valence-corrected chi connectivity index (χ3v) is 6.63. The van der Waals surface area contributed by atoms with E-state index in [0.717, 1.165) is 49.5 Å². The predicted molar refractivity (Wildman–Crippen MR) is 104 cm³/mol. The molecule has 0 radical (unpaired) electrons. The molecule has 2 fully saturated rings. The first-order valence-corrected chi connectivity index (χ1v) is 10.9. The topological polar surface area (TPSA) is 62.3 Å². The van der Waals surface area contributed by atoms with Gasteiger partial charge in [0.25, 0.3) is 0 Å². The molecule has 0 bridgehead atoms. The number of rotatable bonds is 5. The Hall–Kier alpha value is -1.43. The molecule has 1 aliphatic heterocycles. The summed E-state index contributed by atoms with van der Waals surface area (Å²) in [5, 5.41) is 6.08. The third-order valence-electron chi connectivity index (χ3n) is 5.57. The lowest BCUT2D eigenvalue weighted by Gasteiger charge is -2.35. The molecule has 1 saturated carbocycles. The first-order valence-electron chi connectivity index (χ1n) is 10.1. The first kappa shape index (κ1) is 19.3. The van der Waals surface area contributed by atoms with Gasteiger partial charge >= 0.3 is 0 Å². The van der Waals surface area contributed by atoms with Crippen molar-refractivity contribution in [1.82, 2.24) is 15.2 Å². The van der Waals surface area contributed by atoms with Crippen molar-refractivity contribution >= 4 is 23.2 Å². The molecule has 0 aromatic carbocycles. The highest BCUT2D eigenvalue weighted by Gasteiger charge is 2.31. The zero-order chi connectivity index (χ0) is 18.5. The maximum atomic E-state index is 12.8. The highest BCUT2D eigenvalue weighted by molar-refractivity contribution is 7.09. The maximum Gasteiger partial charge on any atom is 0.225 e. The summed E-state index contributed by atoms with van der Waals surface area (Å²) in [6.45, 7) is 5.98. The highest BCUT2D eigenvalue weighted by atomic mass is 32.1. The molecule has 1 N–H and O–H groups in total. The smallest absolute Gasteiger partial charge is 0.225 e. The Balaban J connectivity index is 1.56. The van der Waals surface area contributed by atoms with Gasteiger partial charge in [-0.1, -0.05) is 33.1 Å². The van der Waals surface area contributed by atoms with Crippen molar-refractivity contribution in [3.63, 3.8) is 0 Å². The molecule has 6 heteroatoms. The Morgan fingerprint density at radius 1 is 1.23 bits per heavy atom. The SMILES string of the molecule is CC(C)C(=O)NCc1csc([C@@H]2CCCN(C(=O)C3CCCCC3)C2)n1. The fourth-order valence-corrected chi connectivity index (χ4v) is 4.91. The Kier molecular flexibility index (Phi) is 6.68. The monoisotopic (exact) mass is 377 g/mol. The highest BCUT2D eigenvalue weighted by Crippen LogP contribution is 2.32. The molecule has 0 unspecified atom stereocenters. The van der Waals surface area contributed by atoms with Crippen LogP contribution in [0.3, 0.4) is 0 Å². The molecule has 1 atom stereocenters. The summed E-state index contributed by atoms with van der Waals surface area (Å²) in [4.78, 5) is 31.4. The fourth-order valence-electron chi connectivity index (χ4n) is 3.96. The van der Waals surface area contributed by atoms with Crippen LogP contribution in [0.25, 0.3) is 0 Å². The molecule has 1 aromatic heterocycles. The van der Waals surface area contributed by atoms with E-state index in [2.05, 4.69) is 10.2 Å². The fraction of sp³-hybridized carbons (Fsp3) is 0.750. The number of thiazole rings is 1. The molecule has 1 aliphatic carbocycles. The number of hydrogen-bond acceptors (Lipinski definition) is 4. The van der Waals surface area contributed by atoms with Gasteiger partial charge < -0.3 is 10.2 Å². The number of carbonyl (C=O) groups excluding carboxylic acids is 2. The summed E-state index contributed by atoms with van der Waals surface area (Å²) in [6, 6.07) is 0. The second kappa shape index (κ2) is 8.98. The largest absolute Gasteiger partial charge is 0.350 e. The molecule has 2 heterocycles. The standard InChI is InChI=1S/C20H31N3O2S/c1-14(2)18(24)21-11-17-13-26-19(22-17)16-9-6-10-23(12-16)20(25)15-7-4-3-5-8-15/h13-16H,3-12H2,1-2H3,(H,21,24)/t16-/m1/s1. The van der Waals surface area contributed by atoms with Gasteiger partial charge in [-0.2, -0.15) is 0 Å². The average molecular weight is 378 g/mol. The zero-order valence-electron chi connectivity index (χ0n) is 16.0. The van der Waals surface area contributed by atoms with Crippen LogP contribution in [0.1, 0.15) is 75.4 Å². The van der Waals surface area contributed by atoms with Crippen LogP contribution in [-0.4, -0.2) is 34.8 Å². The van der Waals surface area contributed by atoms with E-state index >= 15 is 0 Å². The summed E-state index contributed by atoms with van der Waals surface area (Å²) in [7, 11) is 0. The molecule has 2 aliphatic rings. The first-order chi connectivity index (χ1) is 12.5. The summed E-state index contributed by atoms with van der Waals surface area (Å²) < 4.78 is 0. The lowest BCUT2D eigenvalue weighted by atomic mass is 9.87.